The molecule has 0 heterocycles. The first-order valence-corrected chi connectivity index (χ1v) is 6.24. The summed E-state index contributed by atoms with van der Waals surface area (Å²) >= 11 is 6.09. The Kier molecular flexibility index (Phi) is 3.76. The van der Waals surface area contributed by atoms with Crippen molar-refractivity contribution in [2.45, 2.75) is 13.8 Å². The molecule has 2 aromatic rings. The van der Waals surface area contributed by atoms with E-state index < -0.39 is 0 Å². The summed E-state index contributed by atoms with van der Waals surface area (Å²) in [5.41, 5.74) is 8.17. The maximum absolute atomic E-state index is 7.45. The molecule has 0 aliphatic carbocycles. The van der Waals surface area contributed by atoms with Gasteiger partial charge in [0.25, 0.3) is 0 Å². The first-order chi connectivity index (χ1) is 8.97. The van der Waals surface area contributed by atoms with Gasteiger partial charge in [-0.1, -0.05) is 17.7 Å². The van der Waals surface area contributed by atoms with E-state index in [0.29, 0.717) is 22.1 Å². The van der Waals surface area contributed by atoms with E-state index in [2.05, 4.69) is 0 Å². The van der Waals surface area contributed by atoms with Gasteiger partial charge in [0.15, 0.2) is 0 Å². The lowest BCUT2D eigenvalue weighted by Crippen LogP contribution is -2.12. The molecule has 0 fully saturated rings. The summed E-state index contributed by atoms with van der Waals surface area (Å²) in [7, 11) is 0. The molecule has 0 saturated heterocycles. The van der Waals surface area contributed by atoms with E-state index in [9.17, 15) is 0 Å². The third-order valence-corrected chi connectivity index (χ3v) is 3.11. The predicted molar refractivity (Wildman–Crippen MR) is 78.5 cm³/mol. The Bertz CT molecular complexity index is 638. The molecule has 2 aromatic carbocycles. The van der Waals surface area contributed by atoms with Crippen LogP contribution < -0.4 is 10.5 Å². The largest absolute Gasteiger partial charge is 0.456 e. The van der Waals surface area contributed by atoms with Crippen LogP contribution in [0.4, 0.5) is 0 Å². The highest BCUT2D eigenvalue weighted by Crippen LogP contribution is 2.30. The second kappa shape index (κ2) is 5.33. The highest BCUT2D eigenvalue weighted by Gasteiger charge is 2.06. The first kappa shape index (κ1) is 13.4. The third kappa shape index (κ3) is 3.06. The molecule has 0 aromatic heterocycles. The molecule has 3 nitrogen and oxygen atoms in total. The zero-order valence-corrected chi connectivity index (χ0v) is 11.6. The van der Waals surface area contributed by atoms with E-state index in [-0.39, 0.29) is 5.84 Å². The smallest absolute Gasteiger partial charge is 0.146 e. The molecule has 0 atom stereocenters. The number of nitrogen functional groups attached to an aromatic ring is 1. The molecule has 0 radical (unpaired) electrons. The van der Waals surface area contributed by atoms with E-state index in [1.54, 1.807) is 12.1 Å². The minimum Gasteiger partial charge on any atom is -0.456 e. The number of nitrogens with one attached hydrogen (secondary N) is 1. The molecule has 98 valence electrons. The maximum atomic E-state index is 7.45. The van der Waals surface area contributed by atoms with Crippen LogP contribution in [-0.2, 0) is 0 Å². The van der Waals surface area contributed by atoms with Crippen LogP contribution in [-0.4, -0.2) is 5.84 Å². The second-order valence-electron chi connectivity index (χ2n) is 4.43. The second-order valence-corrected chi connectivity index (χ2v) is 4.83. The summed E-state index contributed by atoms with van der Waals surface area (Å²) in [6, 6.07) is 11.0. The molecule has 2 rings (SSSR count). The van der Waals surface area contributed by atoms with Gasteiger partial charge >= 0.3 is 0 Å². The molecule has 0 saturated carbocycles. The van der Waals surface area contributed by atoms with Gasteiger partial charge in [0.1, 0.15) is 17.3 Å². The number of halogens is 1. The maximum Gasteiger partial charge on any atom is 0.146 e. The summed E-state index contributed by atoms with van der Waals surface area (Å²) in [6.45, 7) is 3.87. The van der Waals surface area contributed by atoms with Crippen molar-refractivity contribution in [3.63, 3.8) is 0 Å². The van der Waals surface area contributed by atoms with E-state index in [4.69, 9.17) is 27.5 Å². The molecule has 19 heavy (non-hydrogen) atoms. The molecule has 0 unspecified atom stereocenters. The van der Waals surface area contributed by atoms with Gasteiger partial charge in [0.05, 0.1) is 5.02 Å². The zero-order chi connectivity index (χ0) is 14.0. The molecule has 0 amide bonds. The topological polar surface area (TPSA) is 59.1 Å². The summed E-state index contributed by atoms with van der Waals surface area (Å²) in [4.78, 5) is 0. The fourth-order valence-electron chi connectivity index (χ4n) is 1.82. The average Bonchev–Trinajstić information content (AvgIpc) is 2.33. The predicted octanol–water partition coefficient (Wildman–Crippen LogP) is 4.03. The number of ether oxygens (including phenoxy) is 1. The van der Waals surface area contributed by atoms with Crippen molar-refractivity contribution in [1.82, 2.24) is 0 Å². The number of amidine groups is 1. The fraction of sp³-hybridized carbons (Fsp3) is 0.133. The standard InChI is InChI=1S/C15H15ClN2O/c1-9-3-6-13(16)14(7-9)19-11-4-5-12(15(17)18)10(2)8-11/h3-8H,1-2H3,(H3,17,18). The van der Waals surface area contributed by atoms with Crippen LogP contribution in [0.3, 0.4) is 0 Å². The number of benzene rings is 2. The lowest BCUT2D eigenvalue weighted by atomic mass is 10.1. The quantitative estimate of drug-likeness (QED) is 0.656. The Hall–Kier alpha value is -2.00. The van der Waals surface area contributed by atoms with Crippen molar-refractivity contribution in [2.24, 2.45) is 5.73 Å². The van der Waals surface area contributed by atoms with Crippen LogP contribution in [0.5, 0.6) is 11.5 Å². The number of hydrogen-bond donors (Lipinski definition) is 2. The van der Waals surface area contributed by atoms with Gasteiger partial charge in [0, 0.05) is 5.56 Å². The zero-order valence-electron chi connectivity index (χ0n) is 10.8. The molecule has 0 aliphatic rings. The van der Waals surface area contributed by atoms with Gasteiger partial charge in [0.2, 0.25) is 0 Å². The van der Waals surface area contributed by atoms with Crippen LogP contribution in [0.1, 0.15) is 16.7 Å². The molecule has 0 aliphatic heterocycles. The van der Waals surface area contributed by atoms with Gasteiger partial charge in [-0.2, -0.15) is 0 Å². The first-order valence-electron chi connectivity index (χ1n) is 5.86. The van der Waals surface area contributed by atoms with Crippen LogP contribution in [0.2, 0.25) is 5.02 Å². The Balaban J connectivity index is 2.31. The summed E-state index contributed by atoms with van der Waals surface area (Å²) in [5, 5.41) is 8.01. The number of nitrogens with two attached hydrogens (primary N) is 1. The Morgan fingerprint density at radius 1 is 1.16 bits per heavy atom. The Morgan fingerprint density at radius 2 is 1.89 bits per heavy atom. The van der Waals surface area contributed by atoms with E-state index in [0.717, 1.165) is 11.1 Å². The Labute approximate surface area is 117 Å². The van der Waals surface area contributed by atoms with Gasteiger partial charge < -0.3 is 10.5 Å². The van der Waals surface area contributed by atoms with Crippen LogP contribution in [0.15, 0.2) is 36.4 Å². The normalized spacial score (nSPS) is 10.3. The van der Waals surface area contributed by atoms with Crippen LogP contribution in [0.25, 0.3) is 0 Å². The van der Waals surface area contributed by atoms with Crippen molar-refractivity contribution in [2.75, 3.05) is 0 Å². The van der Waals surface area contributed by atoms with Crippen molar-refractivity contribution in [3.05, 3.63) is 58.1 Å². The van der Waals surface area contributed by atoms with Gasteiger partial charge in [-0.25, -0.2) is 0 Å². The minimum atomic E-state index is 0.0534. The molecular weight excluding hydrogens is 260 g/mol. The van der Waals surface area contributed by atoms with Crippen molar-refractivity contribution in [3.8, 4) is 11.5 Å². The minimum absolute atomic E-state index is 0.0534. The SMILES string of the molecule is Cc1ccc(Cl)c(Oc2ccc(C(=N)N)c(C)c2)c1. The van der Waals surface area contributed by atoms with E-state index in [1.807, 2.05) is 38.1 Å². The number of aryl methyl sites for hydroxylation is 2. The molecule has 4 heteroatoms. The number of hydrogen-bond acceptors (Lipinski definition) is 2. The highest BCUT2D eigenvalue weighted by atomic mass is 35.5. The van der Waals surface area contributed by atoms with Crippen LogP contribution in [0, 0.1) is 19.3 Å². The summed E-state index contributed by atoms with van der Waals surface area (Å²) in [5.74, 6) is 1.35. The molecule has 3 N–H and O–H groups in total. The van der Waals surface area contributed by atoms with Gasteiger partial charge in [-0.05, 0) is 55.3 Å². The van der Waals surface area contributed by atoms with Gasteiger partial charge in [-0.3, -0.25) is 5.41 Å². The lowest BCUT2D eigenvalue weighted by Gasteiger charge is -2.11. The Morgan fingerprint density at radius 3 is 2.53 bits per heavy atom. The average molecular weight is 275 g/mol. The lowest BCUT2D eigenvalue weighted by molar-refractivity contribution is 0.482. The fourth-order valence-corrected chi connectivity index (χ4v) is 1.97. The van der Waals surface area contributed by atoms with E-state index >= 15 is 0 Å². The molecular formula is C15H15ClN2O. The number of rotatable bonds is 3. The summed E-state index contributed by atoms with van der Waals surface area (Å²) in [6.07, 6.45) is 0. The molecule has 0 spiro atoms. The van der Waals surface area contributed by atoms with Crippen molar-refractivity contribution in [1.29, 1.82) is 5.41 Å². The van der Waals surface area contributed by atoms with Crippen molar-refractivity contribution >= 4 is 17.4 Å². The third-order valence-electron chi connectivity index (χ3n) is 2.80. The van der Waals surface area contributed by atoms with Gasteiger partial charge in [-0.15, -0.1) is 0 Å². The molecule has 0 bridgehead atoms. The van der Waals surface area contributed by atoms with E-state index in [1.165, 1.54) is 0 Å². The highest BCUT2D eigenvalue weighted by molar-refractivity contribution is 6.32. The van der Waals surface area contributed by atoms with Crippen molar-refractivity contribution < 1.29 is 4.74 Å². The summed E-state index contributed by atoms with van der Waals surface area (Å²) < 4.78 is 5.76. The monoisotopic (exact) mass is 274 g/mol. The van der Waals surface area contributed by atoms with Crippen LogP contribution >= 0.6 is 11.6 Å².